The zero-order valence-corrected chi connectivity index (χ0v) is 9.80. The van der Waals surface area contributed by atoms with Gasteiger partial charge in [-0.1, -0.05) is 0 Å². The number of thioether (sulfide) groups is 1. The van der Waals surface area contributed by atoms with Gasteiger partial charge in [0, 0.05) is 18.9 Å². The minimum Gasteiger partial charge on any atom is -0.312 e. The number of nitrogens with one attached hydrogen (secondary N) is 1. The van der Waals surface area contributed by atoms with Gasteiger partial charge in [0.15, 0.2) is 0 Å². The topological polar surface area (TPSA) is 24.9 Å². The van der Waals surface area contributed by atoms with Crippen LogP contribution in [-0.2, 0) is 6.54 Å². The highest BCUT2D eigenvalue weighted by molar-refractivity contribution is 7.99. The number of pyridine rings is 1. The van der Waals surface area contributed by atoms with Gasteiger partial charge in [0.2, 0.25) is 0 Å². The molecule has 82 valence electrons. The summed E-state index contributed by atoms with van der Waals surface area (Å²) < 4.78 is 0. The van der Waals surface area contributed by atoms with E-state index in [0.29, 0.717) is 0 Å². The van der Waals surface area contributed by atoms with Crippen molar-refractivity contribution in [3.05, 3.63) is 30.1 Å². The molecular formula is C12H18N2S. The lowest BCUT2D eigenvalue weighted by Crippen LogP contribution is -2.25. The molecule has 0 amide bonds. The van der Waals surface area contributed by atoms with Gasteiger partial charge >= 0.3 is 0 Å². The van der Waals surface area contributed by atoms with Crippen molar-refractivity contribution in [3.8, 4) is 0 Å². The van der Waals surface area contributed by atoms with Crippen LogP contribution in [0.25, 0.3) is 0 Å². The molecule has 2 nitrogen and oxygen atoms in total. The maximum Gasteiger partial charge on any atom is 0.0271 e. The molecule has 0 saturated carbocycles. The van der Waals surface area contributed by atoms with Crippen LogP contribution in [0.15, 0.2) is 24.5 Å². The Bertz CT molecular complexity index is 270. The van der Waals surface area contributed by atoms with Gasteiger partial charge in [0.1, 0.15) is 0 Å². The molecule has 1 aromatic rings. The van der Waals surface area contributed by atoms with E-state index >= 15 is 0 Å². The second-order valence-corrected chi connectivity index (χ2v) is 5.27. The van der Waals surface area contributed by atoms with E-state index < -0.39 is 0 Å². The van der Waals surface area contributed by atoms with Crippen LogP contribution in [0.2, 0.25) is 0 Å². The van der Waals surface area contributed by atoms with Gasteiger partial charge in [-0.05, 0) is 54.5 Å². The Morgan fingerprint density at radius 3 is 2.73 bits per heavy atom. The maximum absolute atomic E-state index is 4.01. The van der Waals surface area contributed by atoms with Crippen molar-refractivity contribution in [1.29, 1.82) is 0 Å². The summed E-state index contributed by atoms with van der Waals surface area (Å²) in [5.41, 5.74) is 1.33. The van der Waals surface area contributed by atoms with Crippen LogP contribution in [0.3, 0.4) is 0 Å². The Hall–Kier alpha value is -0.540. The van der Waals surface area contributed by atoms with Crippen molar-refractivity contribution in [2.75, 3.05) is 18.1 Å². The van der Waals surface area contributed by atoms with Gasteiger partial charge < -0.3 is 5.32 Å². The average molecular weight is 222 g/mol. The van der Waals surface area contributed by atoms with Gasteiger partial charge in [-0.2, -0.15) is 11.8 Å². The van der Waals surface area contributed by atoms with E-state index in [1.54, 1.807) is 0 Å². The summed E-state index contributed by atoms with van der Waals surface area (Å²) in [6.45, 7) is 2.15. The fourth-order valence-corrected chi connectivity index (χ4v) is 3.08. The first kappa shape index (κ1) is 11.0. The first-order valence-electron chi connectivity index (χ1n) is 5.62. The predicted octanol–water partition coefficient (Wildman–Crippen LogP) is 2.31. The number of hydrogen-bond acceptors (Lipinski definition) is 3. The van der Waals surface area contributed by atoms with Crippen LogP contribution in [0.5, 0.6) is 0 Å². The number of aromatic nitrogens is 1. The van der Waals surface area contributed by atoms with E-state index in [-0.39, 0.29) is 0 Å². The minimum atomic E-state index is 0.896. The molecule has 1 aliphatic heterocycles. The largest absolute Gasteiger partial charge is 0.312 e. The van der Waals surface area contributed by atoms with Crippen molar-refractivity contribution in [3.63, 3.8) is 0 Å². The third-order valence-electron chi connectivity index (χ3n) is 2.85. The second-order valence-electron chi connectivity index (χ2n) is 4.04. The van der Waals surface area contributed by atoms with Crippen LogP contribution in [-0.4, -0.2) is 23.0 Å². The third kappa shape index (κ3) is 3.84. The molecule has 1 fully saturated rings. The lowest BCUT2D eigenvalue weighted by Gasteiger charge is -2.21. The first-order chi connectivity index (χ1) is 7.45. The molecule has 2 rings (SSSR count). The lowest BCUT2D eigenvalue weighted by atomic mass is 10.0. The van der Waals surface area contributed by atoms with Crippen LogP contribution in [0.1, 0.15) is 18.4 Å². The molecule has 0 spiro atoms. The van der Waals surface area contributed by atoms with Crippen molar-refractivity contribution in [2.45, 2.75) is 19.4 Å². The molecule has 1 aliphatic rings. The summed E-state index contributed by atoms with van der Waals surface area (Å²) in [6, 6.07) is 4.15. The lowest BCUT2D eigenvalue weighted by molar-refractivity contribution is 0.447. The summed E-state index contributed by atoms with van der Waals surface area (Å²) in [5, 5.41) is 3.53. The van der Waals surface area contributed by atoms with E-state index in [2.05, 4.69) is 34.2 Å². The van der Waals surface area contributed by atoms with Crippen molar-refractivity contribution in [2.24, 2.45) is 5.92 Å². The molecule has 0 bridgehead atoms. The van der Waals surface area contributed by atoms with Crippen LogP contribution >= 0.6 is 11.8 Å². The second kappa shape index (κ2) is 6.13. The molecular weight excluding hydrogens is 204 g/mol. The smallest absolute Gasteiger partial charge is 0.0271 e. The molecule has 0 aromatic carbocycles. The highest BCUT2D eigenvalue weighted by atomic mass is 32.2. The zero-order chi connectivity index (χ0) is 10.3. The molecule has 2 heterocycles. The molecule has 1 aromatic heterocycles. The Kier molecular flexibility index (Phi) is 4.48. The molecule has 15 heavy (non-hydrogen) atoms. The highest BCUT2D eigenvalue weighted by Gasteiger charge is 2.12. The van der Waals surface area contributed by atoms with E-state index in [4.69, 9.17) is 0 Å². The summed E-state index contributed by atoms with van der Waals surface area (Å²) >= 11 is 2.09. The Labute approximate surface area is 95.9 Å². The quantitative estimate of drug-likeness (QED) is 0.846. The monoisotopic (exact) mass is 222 g/mol. The molecule has 0 aliphatic carbocycles. The summed E-state index contributed by atoms with van der Waals surface area (Å²) in [4.78, 5) is 4.01. The first-order valence-corrected chi connectivity index (χ1v) is 6.78. The van der Waals surface area contributed by atoms with Gasteiger partial charge in [-0.3, -0.25) is 4.98 Å². The normalized spacial score (nSPS) is 17.9. The van der Waals surface area contributed by atoms with Gasteiger partial charge in [0.25, 0.3) is 0 Å². The average Bonchev–Trinajstić information content (AvgIpc) is 2.32. The number of rotatable bonds is 4. The van der Waals surface area contributed by atoms with E-state index in [0.717, 1.165) is 12.5 Å². The van der Waals surface area contributed by atoms with Crippen LogP contribution in [0, 0.1) is 5.92 Å². The summed E-state index contributed by atoms with van der Waals surface area (Å²) in [7, 11) is 0. The molecule has 3 heteroatoms. The minimum absolute atomic E-state index is 0.896. The fraction of sp³-hybridized carbons (Fsp3) is 0.583. The molecule has 0 radical (unpaired) electrons. The van der Waals surface area contributed by atoms with Crippen molar-refractivity contribution >= 4 is 11.8 Å². The molecule has 0 atom stereocenters. The van der Waals surface area contributed by atoms with Crippen LogP contribution < -0.4 is 5.32 Å². The fourth-order valence-electron chi connectivity index (χ4n) is 1.87. The van der Waals surface area contributed by atoms with E-state index in [9.17, 15) is 0 Å². The highest BCUT2D eigenvalue weighted by Crippen LogP contribution is 2.21. The Morgan fingerprint density at radius 1 is 1.27 bits per heavy atom. The van der Waals surface area contributed by atoms with Crippen molar-refractivity contribution < 1.29 is 0 Å². The predicted molar refractivity (Wildman–Crippen MR) is 66.0 cm³/mol. The Morgan fingerprint density at radius 2 is 2.00 bits per heavy atom. The van der Waals surface area contributed by atoms with Gasteiger partial charge in [-0.15, -0.1) is 0 Å². The van der Waals surface area contributed by atoms with E-state index in [1.807, 2.05) is 12.4 Å². The number of hydrogen-bond donors (Lipinski definition) is 1. The maximum atomic E-state index is 4.01. The van der Waals surface area contributed by atoms with E-state index in [1.165, 1.54) is 36.5 Å². The standard InChI is InChI=1S/C12H18N2S/c1-5-13-6-2-11(1)9-14-10-12-3-7-15-8-4-12/h1-2,5-6,12,14H,3-4,7-10H2. The van der Waals surface area contributed by atoms with Gasteiger partial charge in [0.05, 0.1) is 0 Å². The zero-order valence-electron chi connectivity index (χ0n) is 8.98. The molecule has 0 unspecified atom stereocenters. The summed E-state index contributed by atoms with van der Waals surface area (Å²) in [6.07, 6.45) is 6.48. The third-order valence-corrected chi connectivity index (χ3v) is 3.90. The molecule has 1 N–H and O–H groups in total. The SMILES string of the molecule is c1cc(CNCC2CCSCC2)ccn1. The van der Waals surface area contributed by atoms with Crippen molar-refractivity contribution in [1.82, 2.24) is 10.3 Å². The molecule has 1 saturated heterocycles. The van der Waals surface area contributed by atoms with Gasteiger partial charge in [-0.25, -0.2) is 0 Å². The summed E-state index contributed by atoms with van der Waals surface area (Å²) in [5.74, 6) is 3.59. The number of nitrogens with zero attached hydrogens (tertiary/aromatic N) is 1. The Balaban J connectivity index is 1.66. The van der Waals surface area contributed by atoms with Crippen LogP contribution in [0.4, 0.5) is 0 Å².